The molecule has 236 valence electrons. The van der Waals surface area contributed by atoms with E-state index in [9.17, 15) is 0 Å². The number of pyridine rings is 2. The fourth-order valence-electron chi connectivity index (χ4n) is 6.58. The first kappa shape index (κ1) is 29.2. The molecule has 4 heterocycles. The van der Waals surface area contributed by atoms with Crippen molar-refractivity contribution in [2.45, 2.75) is 0 Å². The van der Waals surface area contributed by atoms with Gasteiger partial charge in [0.1, 0.15) is 23.7 Å². The van der Waals surface area contributed by atoms with Crippen LogP contribution in [0.5, 0.6) is 0 Å². The smallest absolute Gasteiger partial charge is 0.108 e. The minimum absolute atomic E-state index is 0.904. The lowest BCUT2D eigenvalue weighted by Gasteiger charge is -2.08. The Morgan fingerprint density at radius 1 is 0.320 bits per heavy atom. The number of imidazole rings is 2. The second-order valence-electron chi connectivity index (χ2n) is 12.1. The Kier molecular flexibility index (Phi) is 7.37. The third-order valence-electron chi connectivity index (χ3n) is 9.03. The second kappa shape index (κ2) is 12.6. The van der Waals surface area contributed by atoms with E-state index >= 15 is 0 Å². The normalized spacial score (nSPS) is 11.2. The second-order valence-corrected chi connectivity index (χ2v) is 12.1. The van der Waals surface area contributed by atoms with Gasteiger partial charge in [-0.25, -0.2) is 9.97 Å². The van der Waals surface area contributed by atoms with E-state index in [1.807, 2.05) is 73.6 Å². The molecule has 0 N–H and O–H groups in total. The number of aromatic nitrogens is 6. The summed E-state index contributed by atoms with van der Waals surface area (Å²) in [6.45, 7) is 0. The Bertz CT molecular complexity index is 2540. The maximum atomic E-state index is 4.58. The summed E-state index contributed by atoms with van der Waals surface area (Å²) in [7, 11) is 0. The zero-order valence-electron chi connectivity index (χ0n) is 27.0. The minimum Gasteiger partial charge on any atom is -0.298 e. The molecule has 6 heteroatoms. The molecule has 0 amide bonds. The Hall–Kier alpha value is -6.92. The summed E-state index contributed by atoms with van der Waals surface area (Å²) < 4.78 is 4.27. The highest BCUT2D eigenvalue weighted by Gasteiger charge is 2.12. The third kappa shape index (κ3) is 5.35. The van der Waals surface area contributed by atoms with Crippen molar-refractivity contribution in [2.24, 2.45) is 0 Å². The maximum absolute atomic E-state index is 4.58. The standard InChI is InChI=1S/2C22H15N3/c2*1-3-7-16(8-4-1)17-11-12-20-19(13-17)22-21(14-23-20)24-15-25(22)18-9-5-2-6-10-18/h2*1-15H. The van der Waals surface area contributed by atoms with Gasteiger partial charge >= 0.3 is 0 Å². The first-order valence-corrected chi connectivity index (χ1v) is 16.5. The van der Waals surface area contributed by atoms with Gasteiger partial charge in [0.15, 0.2) is 0 Å². The van der Waals surface area contributed by atoms with E-state index in [1.165, 1.54) is 22.3 Å². The molecule has 10 rings (SSSR count). The van der Waals surface area contributed by atoms with Gasteiger partial charge in [0.05, 0.1) is 34.5 Å². The molecular weight excluding hydrogens is 613 g/mol. The van der Waals surface area contributed by atoms with Crippen LogP contribution in [0.25, 0.3) is 77.5 Å². The van der Waals surface area contributed by atoms with Gasteiger partial charge in [-0.05, 0) is 70.8 Å². The molecule has 0 aliphatic carbocycles. The molecule has 6 aromatic carbocycles. The monoisotopic (exact) mass is 642 g/mol. The van der Waals surface area contributed by atoms with Crippen molar-refractivity contribution in [3.8, 4) is 33.6 Å². The molecule has 0 saturated carbocycles. The molecule has 0 aliphatic heterocycles. The highest BCUT2D eigenvalue weighted by atomic mass is 15.1. The summed E-state index contributed by atoms with van der Waals surface area (Å²) in [6.07, 6.45) is 7.44. The van der Waals surface area contributed by atoms with Gasteiger partial charge in [0.25, 0.3) is 0 Å². The van der Waals surface area contributed by atoms with Crippen LogP contribution in [-0.4, -0.2) is 29.1 Å². The van der Waals surface area contributed by atoms with Crippen molar-refractivity contribution in [1.29, 1.82) is 0 Å². The van der Waals surface area contributed by atoms with Crippen LogP contribution in [0.15, 0.2) is 183 Å². The molecule has 0 atom stereocenters. The number of benzene rings is 6. The summed E-state index contributed by atoms with van der Waals surface area (Å²) in [5.74, 6) is 0. The largest absolute Gasteiger partial charge is 0.298 e. The maximum Gasteiger partial charge on any atom is 0.108 e. The fourth-order valence-corrected chi connectivity index (χ4v) is 6.58. The molecule has 6 nitrogen and oxygen atoms in total. The minimum atomic E-state index is 0.904. The van der Waals surface area contributed by atoms with E-state index < -0.39 is 0 Å². The lowest BCUT2D eigenvalue weighted by Crippen LogP contribution is -1.93. The van der Waals surface area contributed by atoms with Crippen LogP contribution in [0.4, 0.5) is 0 Å². The van der Waals surface area contributed by atoms with Crippen LogP contribution in [0, 0.1) is 0 Å². The van der Waals surface area contributed by atoms with Crippen molar-refractivity contribution in [1.82, 2.24) is 29.1 Å². The number of nitrogens with zero attached hydrogens (tertiary/aromatic N) is 6. The summed E-state index contributed by atoms with van der Waals surface area (Å²) >= 11 is 0. The van der Waals surface area contributed by atoms with Crippen LogP contribution in [-0.2, 0) is 0 Å². The topological polar surface area (TPSA) is 61.4 Å². The number of fused-ring (bicyclic) bond motifs is 6. The Labute approximate surface area is 288 Å². The molecule has 0 saturated heterocycles. The number of rotatable bonds is 4. The van der Waals surface area contributed by atoms with Gasteiger partial charge in [-0.15, -0.1) is 0 Å². The van der Waals surface area contributed by atoms with Crippen LogP contribution < -0.4 is 0 Å². The van der Waals surface area contributed by atoms with Gasteiger partial charge in [-0.3, -0.25) is 19.1 Å². The van der Waals surface area contributed by atoms with Crippen LogP contribution in [0.3, 0.4) is 0 Å². The Balaban J connectivity index is 0.000000135. The molecular formula is C44H30N6. The van der Waals surface area contributed by atoms with Gasteiger partial charge in [0, 0.05) is 22.1 Å². The lowest BCUT2D eigenvalue weighted by atomic mass is 10.0. The van der Waals surface area contributed by atoms with Crippen molar-refractivity contribution in [3.05, 3.63) is 183 Å². The van der Waals surface area contributed by atoms with E-state index in [4.69, 9.17) is 0 Å². The first-order chi connectivity index (χ1) is 24.8. The van der Waals surface area contributed by atoms with Crippen molar-refractivity contribution in [2.75, 3.05) is 0 Å². The van der Waals surface area contributed by atoms with Crippen LogP contribution in [0.2, 0.25) is 0 Å². The average molecular weight is 643 g/mol. The zero-order valence-corrected chi connectivity index (χ0v) is 27.0. The van der Waals surface area contributed by atoms with Crippen molar-refractivity contribution >= 4 is 43.9 Å². The fraction of sp³-hybridized carbons (Fsp3) is 0. The molecule has 0 aliphatic rings. The Morgan fingerprint density at radius 2 is 0.700 bits per heavy atom. The Morgan fingerprint density at radius 3 is 1.10 bits per heavy atom. The average Bonchev–Trinajstić information content (AvgIpc) is 3.85. The van der Waals surface area contributed by atoms with Gasteiger partial charge < -0.3 is 0 Å². The first-order valence-electron chi connectivity index (χ1n) is 16.5. The summed E-state index contributed by atoms with van der Waals surface area (Å²) in [4.78, 5) is 18.2. The quantitative estimate of drug-likeness (QED) is 0.192. The van der Waals surface area contributed by atoms with Crippen LogP contribution in [0.1, 0.15) is 0 Å². The summed E-state index contributed by atoms with van der Waals surface area (Å²) in [5, 5.41) is 2.22. The number of hydrogen-bond acceptors (Lipinski definition) is 4. The molecule has 10 aromatic rings. The van der Waals surface area contributed by atoms with Gasteiger partial charge in [0.2, 0.25) is 0 Å². The molecule has 0 bridgehead atoms. The molecule has 0 radical (unpaired) electrons. The number of para-hydroxylation sites is 2. The van der Waals surface area contributed by atoms with Gasteiger partial charge in [-0.1, -0.05) is 109 Å². The summed E-state index contributed by atoms with van der Waals surface area (Å²) in [5.41, 5.74) is 12.9. The van der Waals surface area contributed by atoms with E-state index in [0.717, 1.165) is 55.2 Å². The predicted octanol–water partition coefficient (Wildman–Crippen LogP) is 10.5. The molecule has 50 heavy (non-hydrogen) atoms. The zero-order chi connectivity index (χ0) is 33.3. The van der Waals surface area contributed by atoms with E-state index in [-0.39, 0.29) is 0 Å². The molecule has 0 fully saturated rings. The molecule has 0 unspecified atom stereocenters. The SMILES string of the molecule is c1ccc(-c2ccc3ncc4ncn(-c5ccccc5)c4c3c2)cc1.c1ccc(-c2ccc3ncc4ncn(-c5ccccc5)c4c3c2)cc1. The van der Waals surface area contributed by atoms with E-state index in [2.05, 4.69) is 138 Å². The van der Waals surface area contributed by atoms with E-state index in [0.29, 0.717) is 0 Å². The van der Waals surface area contributed by atoms with Crippen LogP contribution >= 0.6 is 0 Å². The summed E-state index contributed by atoms with van der Waals surface area (Å²) in [6, 6.07) is 54.2. The van der Waals surface area contributed by atoms with E-state index in [1.54, 1.807) is 0 Å². The number of hydrogen-bond donors (Lipinski definition) is 0. The van der Waals surface area contributed by atoms with Gasteiger partial charge in [-0.2, -0.15) is 0 Å². The third-order valence-corrected chi connectivity index (χ3v) is 9.03. The molecule has 4 aromatic heterocycles. The highest BCUT2D eigenvalue weighted by Crippen LogP contribution is 2.31. The van der Waals surface area contributed by atoms with Crippen molar-refractivity contribution in [3.63, 3.8) is 0 Å². The lowest BCUT2D eigenvalue weighted by molar-refractivity contribution is 1.10. The highest BCUT2D eigenvalue weighted by molar-refractivity contribution is 6.05. The predicted molar refractivity (Wildman–Crippen MR) is 204 cm³/mol. The van der Waals surface area contributed by atoms with Crippen molar-refractivity contribution < 1.29 is 0 Å². The molecule has 0 spiro atoms.